The summed E-state index contributed by atoms with van der Waals surface area (Å²) in [5.74, 6) is -0.997. The number of primary sulfonamides is 1. The highest BCUT2D eigenvalue weighted by Gasteiger charge is 2.27. The molecule has 0 aromatic heterocycles. The Morgan fingerprint density at radius 3 is 2.19 bits per heavy atom. The van der Waals surface area contributed by atoms with Crippen molar-refractivity contribution in [2.45, 2.75) is 17.7 Å². The van der Waals surface area contributed by atoms with Gasteiger partial charge in [0.05, 0.1) is 10.8 Å². The molecule has 2 aromatic carbocycles. The topological polar surface area (TPSA) is 83.7 Å². The average molecular weight is 391 g/mol. The molecule has 144 valence electrons. The van der Waals surface area contributed by atoms with E-state index in [0.717, 1.165) is 5.69 Å². The zero-order valence-corrected chi connectivity index (χ0v) is 15.8. The molecule has 8 heteroatoms. The van der Waals surface area contributed by atoms with E-state index >= 15 is 0 Å². The lowest BCUT2D eigenvalue weighted by molar-refractivity contribution is -0.132. The highest BCUT2D eigenvalue weighted by molar-refractivity contribution is 7.89. The van der Waals surface area contributed by atoms with Gasteiger partial charge in [0, 0.05) is 31.9 Å². The van der Waals surface area contributed by atoms with Gasteiger partial charge < -0.3 is 9.80 Å². The summed E-state index contributed by atoms with van der Waals surface area (Å²) in [5.41, 5.74) is 1.28. The van der Waals surface area contributed by atoms with Crippen LogP contribution in [-0.2, 0) is 14.8 Å². The second kappa shape index (κ2) is 7.66. The number of piperazine rings is 1. The molecule has 3 rings (SSSR count). The molecule has 0 spiro atoms. The molecule has 2 N–H and O–H groups in total. The Labute approximate surface area is 158 Å². The molecule has 1 saturated heterocycles. The van der Waals surface area contributed by atoms with E-state index in [9.17, 15) is 17.6 Å². The molecule has 2 aromatic rings. The van der Waals surface area contributed by atoms with Gasteiger partial charge in [-0.2, -0.15) is 0 Å². The molecule has 1 aliphatic heterocycles. The van der Waals surface area contributed by atoms with Gasteiger partial charge in [-0.25, -0.2) is 17.9 Å². The molecule has 1 aliphatic rings. The van der Waals surface area contributed by atoms with E-state index < -0.39 is 15.9 Å². The quantitative estimate of drug-likeness (QED) is 0.863. The molecule has 0 saturated carbocycles. The molecule has 0 unspecified atom stereocenters. The number of benzene rings is 2. The van der Waals surface area contributed by atoms with E-state index in [1.807, 2.05) is 0 Å². The van der Waals surface area contributed by atoms with Gasteiger partial charge in [-0.3, -0.25) is 4.79 Å². The molecule has 1 amide bonds. The third-order valence-corrected chi connectivity index (χ3v) is 5.79. The fourth-order valence-corrected chi connectivity index (χ4v) is 3.78. The predicted octanol–water partition coefficient (Wildman–Crippen LogP) is 1.93. The molecule has 1 atom stereocenters. The highest BCUT2D eigenvalue weighted by atomic mass is 32.2. The normalized spacial score (nSPS) is 16.3. The van der Waals surface area contributed by atoms with Gasteiger partial charge >= 0.3 is 0 Å². The van der Waals surface area contributed by atoms with Crippen molar-refractivity contribution in [1.82, 2.24) is 4.90 Å². The number of hydrogen-bond acceptors (Lipinski definition) is 4. The molecule has 6 nitrogen and oxygen atoms in total. The number of carbonyl (C=O) groups is 1. The molecule has 1 fully saturated rings. The third kappa shape index (κ3) is 4.28. The predicted molar refractivity (Wildman–Crippen MR) is 101 cm³/mol. The van der Waals surface area contributed by atoms with E-state index in [1.54, 1.807) is 42.2 Å². The van der Waals surface area contributed by atoms with Crippen LogP contribution in [0.2, 0.25) is 0 Å². The van der Waals surface area contributed by atoms with Gasteiger partial charge in [-0.05, 0) is 42.8 Å². The number of halogens is 1. The van der Waals surface area contributed by atoms with Crippen LogP contribution in [0.4, 0.5) is 10.1 Å². The standard InChI is InChI=1S/C19H22FN3O3S/c1-14(17-4-2-3-5-18(17)20)19(24)23-12-10-22(11-13-23)15-6-8-16(9-7-15)27(21,25)26/h2-9,14H,10-13H2,1H3,(H2,21,25,26)/t14-/m1/s1. The third-order valence-electron chi connectivity index (χ3n) is 4.86. The molecule has 0 radical (unpaired) electrons. The maximum atomic E-state index is 13.9. The number of amides is 1. The first-order chi connectivity index (χ1) is 12.8. The van der Waals surface area contributed by atoms with Crippen molar-refractivity contribution >= 4 is 21.6 Å². The van der Waals surface area contributed by atoms with Crippen molar-refractivity contribution in [3.05, 3.63) is 59.9 Å². The summed E-state index contributed by atoms with van der Waals surface area (Å²) in [4.78, 5) is 16.6. The smallest absolute Gasteiger partial charge is 0.238 e. The molecule has 0 bridgehead atoms. The van der Waals surface area contributed by atoms with Crippen molar-refractivity contribution in [2.24, 2.45) is 5.14 Å². The van der Waals surface area contributed by atoms with Gasteiger partial charge in [-0.15, -0.1) is 0 Å². The SMILES string of the molecule is C[C@@H](C(=O)N1CCN(c2ccc(S(N)(=O)=O)cc2)CC1)c1ccccc1F. The summed E-state index contributed by atoms with van der Waals surface area (Å²) in [6.07, 6.45) is 0. The summed E-state index contributed by atoms with van der Waals surface area (Å²) < 4.78 is 36.6. The number of hydrogen-bond donors (Lipinski definition) is 1. The Bertz CT molecular complexity index is 923. The lowest BCUT2D eigenvalue weighted by Crippen LogP contribution is -2.49. The van der Waals surface area contributed by atoms with Crippen LogP contribution >= 0.6 is 0 Å². The van der Waals surface area contributed by atoms with E-state index in [4.69, 9.17) is 5.14 Å². The van der Waals surface area contributed by atoms with Gasteiger partial charge in [0.25, 0.3) is 0 Å². The first-order valence-corrected chi connectivity index (χ1v) is 10.2. The first kappa shape index (κ1) is 19.3. The highest BCUT2D eigenvalue weighted by Crippen LogP contribution is 2.23. The van der Waals surface area contributed by atoms with Crippen molar-refractivity contribution in [1.29, 1.82) is 0 Å². The zero-order chi connectivity index (χ0) is 19.6. The summed E-state index contributed by atoms with van der Waals surface area (Å²) in [5, 5.41) is 5.11. The number of nitrogens with zero attached hydrogens (tertiary/aromatic N) is 2. The van der Waals surface area contributed by atoms with Crippen molar-refractivity contribution in [3.8, 4) is 0 Å². The number of rotatable bonds is 4. The summed E-state index contributed by atoms with van der Waals surface area (Å²) >= 11 is 0. The molecule has 27 heavy (non-hydrogen) atoms. The summed E-state index contributed by atoms with van der Waals surface area (Å²) in [6.45, 7) is 4.00. The summed E-state index contributed by atoms with van der Waals surface area (Å²) in [6, 6.07) is 12.7. The van der Waals surface area contributed by atoms with Crippen molar-refractivity contribution in [2.75, 3.05) is 31.1 Å². The Morgan fingerprint density at radius 2 is 1.63 bits per heavy atom. The lowest BCUT2D eigenvalue weighted by atomic mass is 9.98. The molecular formula is C19H22FN3O3S. The first-order valence-electron chi connectivity index (χ1n) is 8.68. The minimum atomic E-state index is -3.71. The van der Waals surface area contributed by atoms with Gasteiger partial charge in [0.15, 0.2) is 0 Å². The fourth-order valence-electron chi connectivity index (χ4n) is 3.26. The van der Waals surface area contributed by atoms with Crippen LogP contribution in [0, 0.1) is 5.82 Å². The largest absolute Gasteiger partial charge is 0.368 e. The lowest BCUT2D eigenvalue weighted by Gasteiger charge is -2.37. The van der Waals surface area contributed by atoms with Gasteiger partial charge in [0.2, 0.25) is 15.9 Å². The zero-order valence-electron chi connectivity index (χ0n) is 15.0. The van der Waals surface area contributed by atoms with Gasteiger partial charge in [0.1, 0.15) is 5.82 Å². The molecule has 1 heterocycles. The maximum Gasteiger partial charge on any atom is 0.238 e. The Morgan fingerprint density at radius 1 is 1.04 bits per heavy atom. The second-order valence-corrected chi connectivity index (χ2v) is 8.16. The number of nitrogens with two attached hydrogens (primary N) is 1. The Balaban J connectivity index is 1.63. The van der Waals surface area contributed by atoms with E-state index in [2.05, 4.69) is 4.90 Å². The van der Waals surface area contributed by atoms with Gasteiger partial charge in [-0.1, -0.05) is 18.2 Å². The van der Waals surface area contributed by atoms with Crippen LogP contribution in [0.25, 0.3) is 0 Å². The Hall–Kier alpha value is -2.45. The molecular weight excluding hydrogens is 369 g/mol. The van der Waals surface area contributed by atoms with Crippen LogP contribution in [0.1, 0.15) is 18.4 Å². The van der Waals surface area contributed by atoms with Crippen LogP contribution in [0.5, 0.6) is 0 Å². The average Bonchev–Trinajstić information content (AvgIpc) is 2.67. The number of carbonyl (C=O) groups excluding carboxylic acids is 1. The van der Waals surface area contributed by atoms with Crippen LogP contribution in [-0.4, -0.2) is 45.4 Å². The minimum Gasteiger partial charge on any atom is -0.368 e. The van der Waals surface area contributed by atoms with Crippen molar-refractivity contribution < 1.29 is 17.6 Å². The van der Waals surface area contributed by atoms with E-state index in [1.165, 1.54) is 18.2 Å². The number of anilines is 1. The molecule has 0 aliphatic carbocycles. The minimum absolute atomic E-state index is 0.0683. The number of sulfonamides is 1. The van der Waals surface area contributed by atoms with Crippen LogP contribution < -0.4 is 10.0 Å². The van der Waals surface area contributed by atoms with Crippen LogP contribution in [0.15, 0.2) is 53.4 Å². The maximum absolute atomic E-state index is 13.9. The monoisotopic (exact) mass is 391 g/mol. The van der Waals surface area contributed by atoms with E-state index in [0.29, 0.717) is 31.7 Å². The fraction of sp³-hybridized carbons (Fsp3) is 0.316. The van der Waals surface area contributed by atoms with E-state index in [-0.39, 0.29) is 16.6 Å². The van der Waals surface area contributed by atoms with Crippen LogP contribution in [0.3, 0.4) is 0 Å². The van der Waals surface area contributed by atoms with Crippen molar-refractivity contribution in [3.63, 3.8) is 0 Å². The Kier molecular flexibility index (Phi) is 5.48. The second-order valence-electron chi connectivity index (χ2n) is 6.59. The summed E-state index contributed by atoms with van der Waals surface area (Å²) in [7, 11) is -3.71.